The molecule has 3 rings (SSSR count). The molecule has 1 atom stereocenters. The number of nitrogens with zero attached hydrogens (tertiary/aromatic N) is 3. The second-order valence-corrected chi connectivity index (χ2v) is 9.31. The molecule has 1 aliphatic heterocycles. The van der Waals surface area contributed by atoms with Gasteiger partial charge in [0, 0.05) is 31.1 Å². The van der Waals surface area contributed by atoms with E-state index in [1.807, 2.05) is 0 Å². The Labute approximate surface area is 179 Å². The normalized spacial score (nSPS) is 16.5. The highest BCUT2D eigenvalue weighted by atomic mass is 32.2. The molecule has 0 spiro atoms. The van der Waals surface area contributed by atoms with E-state index >= 15 is 0 Å². The minimum Gasteiger partial charge on any atom is -0.324 e. The number of nitrogens with one attached hydrogen (secondary N) is 1. The lowest BCUT2D eigenvalue weighted by Gasteiger charge is -2.29. The van der Waals surface area contributed by atoms with Gasteiger partial charge < -0.3 is 10.2 Å². The summed E-state index contributed by atoms with van der Waals surface area (Å²) in [5.74, 6) is -0.769. The zero-order valence-corrected chi connectivity index (χ0v) is 18.0. The average molecular weight is 446 g/mol. The van der Waals surface area contributed by atoms with E-state index in [0.717, 1.165) is 4.31 Å². The van der Waals surface area contributed by atoms with Crippen molar-refractivity contribution in [3.05, 3.63) is 58.1 Å². The average Bonchev–Trinajstić information content (AvgIpc) is 2.81. The molecule has 2 aromatic rings. The summed E-state index contributed by atoms with van der Waals surface area (Å²) in [5.41, 5.74) is 0.615. The van der Waals surface area contributed by atoms with Gasteiger partial charge in [-0.25, -0.2) is 8.42 Å². The fourth-order valence-electron chi connectivity index (χ4n) is 3.57. The van der Waals surface area contributed by atoms with Crippen molar-refractivity contribution < 1.29 is 22.9 Å². The molecule has 0 radical (unpaired) electrons. The molecule has 2 amide bonds. The van der Waals surface area contributed by atoms with Crippen LogP contribution < -0.4 is 10.2 Å². The highest BCUT2D eigenvalue weighted by molar-refractivity contribution is 7.89. The number of nitro groups is 1. The van der Waals surface area contributed by atoms with Crippen LogP contribution in [0.1, 0.15) is 18.9 Å². The van der Waals surface area contributed by atoms with Crippen molar-refractivity contribution in [3.63, 3.8) is 0 Å². The highest BCUT2D eigenvalue weighted by Crippen LogP contribution is 2.32. The number of amides is 2. The van der Waals surface area contributed by atoms with Gasteiger partial charge in [0.25, 0.3) is 5.69 Å². The van der Waals surface area contributed by atoms with Crippen LogP contribution in [0.15, 0.2) is 47.4 Å². The molecule has 0 saturated carbocycles. The van der Waals surface area contributed by atoms with Gasteiger partial charge in [-0.3, -0.25) is 19.7 Å². The number of para-hydroxylation sites is 2. The van der Waals surface area contributed by atoms with Crippen LogP contribution in [0.25, 0.3) is 0 Å². The first kappa shape index (κ1) is 22.4. The number of anilines is 2. The smallest absolute Gasteiger partial charge is 0.273 e. The first-order valence-electron chi connectivity index (χ1n) is 9.45. The summed E-state index contributed by atoms with van der Waals surface area (Å²) in [5, 5.41) is 13.9. The van der Waals surface area contributed by atoms with Crippen LogP contribution in [0.4, 0.5) is 17.1 Å². The molecular weight excluding hydrogens is 424 g/mol. The number of sulfonamides is 1. The number of likely N-dealkylation sites (N-methyl/N-ethyl adjacent to an activating group) is 1. The summed E-state index contributed by atoms with van der Waals surface area (Å²) >= 11 is 0. The monoisotopic (exact) mass is 446 g/mol. The minimum atomic E-state index is -4.18. The Balaban J connectivity index is 1.92. The predicted octanol–water partition coefficient (Wildman–Crippen LogP) is 2.29. The van der Waals surface area contributed by atoms with Crippen molar-refractivity contribution in [2.45, 2.75) is 31.2 Å². The summed E-state index contributed by atoms with van der Waals surface area (Å²) in [6.45, 7) is 2.56. The van der Waals surface area contributed by atoms with Gasteiger partial charge in [0.15, 0.2) is 0 Å². The number of nitro benzene ring substituents is 1. The van der Waals surface area contributed by atoms with Crippen molar-refractivity contribution in [3.8, 4) is 0 Å². The number of carbonyl (C=O) groups is 2. The van der Waals surface area contributed by atoms with Crippen molar-refractivity contribution in [2.24, 2.45) is 0 Å². The standard InChI is InChI=1S/C20H22N4O6S/c1-13-11-19(25)21-15-7-4-5-8-17(15)23(13)20(26)12-22(3)31(29,30)18-10-6-9-16(14(18)2)24(27)28/h4-10,13H,11-12H2,1-3H3,(H,21,25). The third kappa shape index (κ3) is 4.28. The maximum Gasteiger partial charge on any atom is 0.273 e. The van der Waals surface area contributed by atoms with Crippen LogP contribution >= 0.6 is 0 Å². The van der Waals surface area contributed by atoms with E-state index in [4.69, 9.17) is 0 Å². The molecule has 0 aliphatic carbocycles. The van der Waals surface area contributed by atoms with Crippen molar-refractivity contribution >= 4 is 38.9 Å². The molecular formula is C20H22N4O6S. The lowest BCUT2D eigenvalue weighted by atomic mass is 10.1. The lowest BCUT2D eigenvalue weighted by Crippen LogP contribution is -2.45. The van der Waals surface area contributed by atoms with Gasteiger partial charge in [-0.1, -0.05) is 18.2 Å². The predicted molar refractivity (Wildman–Crippen MR) is 114 cm³/mol. The molecule has 10 nitrogen and oxygen atoms in total. The van der Waals surface area contributed by atoms with Gasteiger partial charge in [0.2, 0.25) is 21.8 Å². The Hall–Kier alpha value is -3.31. The summed E-state index contributed by atoms with van der Waals surface area (Å²) in [7, 11) is -2.94. The number of carbonyl (C=O) groups excluding carboxylic acids is 2. The largest absolute Gasteiger partial charge is 0.324 e. The molecule has 1 aliphatic rings. The Morgan fingerprint density at radius 3 is 2.61 bits per heavy atom. The summed E-state index contributed by atoms with van der Waals surface area (Å²) in [6, 6.07) is 10.1. The Morgan fingerprint density at radius 1 is 1.26 bits per heavy atom. The number of rotatable bonds is 5. The quantitative estimate of drug-likeness (QED) is 0.554. The third-order valence-corrected chi connectivity index (χ3v) is 7.07. The SMILES string of the molecule is Cc1c([N+](=O)[O-])cccc1S(=O)(=O)N(C)CC(=O)N1c2ccccc2NC(=O)CC1C. The number of benzene rings is 2. The second kappa shape index (κ2) is 8.44. The maximum absolute atomic E-state index is 13.2. The van der Waals surface area contributed by atoms with Crippen LogP contribution in [0, 0.1) is 17.0 Å². The van der Waals surface area contributed by atoms with Crippen molar-refractivity contribution in [2.75, 3.05) is 23.8 Å². The van der Waals surface area contributed by atoms with Gasteiger partial charge >= 0.3 is 0 Å². The van der Waals surface area contributed by atoms with Gasteiger partial charge in [0.1, 0.15) is 0 Å². The van der Waals surface area contributed by atoms with Gasteiger partial charge in [0.05, 0.1) is 27.7 Å². The van der Waals surface area contributed by atoms with E-state index in [0.29, 0.717) is 11.4 Å². The van der Waals surface area contributed by atoms with Gasteiger partial charge in [-0.2, -0.15) is 4.31 Å². The number of fused-ring (bicyclic) bond motifs is 1. The van der Waals surface area contributed by atoms with Crippen molar-refractivity contribution in [1.29, 1.82) is 0 Å². The van der Waals surface area contributed by atoms with Crippen LogP contribution in [0.3, 0.4) is 0 Å². The first-order valence-corrected chi connectivity index (χ1v) is 10.9. The second-order valence-electron chi connectivity index (χ2n) is 7.30. The third-order valence-electron chi connectivity index (χ3n) is 5.13. The summed E-state index contributed by atoms with van der Waals surface area (Å²) in [6.07, 6.45) is 0.0564. The van der Waals surface area contributed by atoms with E-state index in [1.165, 1.54) is 37.1 Å². The van der Waals surface area contributed by atoms with Crippen LogP contribution in [-0.4, -0.2) is 49.1 Å². The molecule has 1 heterocycles. The van der Waals surface area contributed by atoms with E-state index < -0.39 is 33.4 Å². The van der Waals surface area contributed by atoms with Crippen LogP contribution in [0.5, 0.6) is 0 Å². The van der Waals surface area contributed by atoms with Gasteiger partial charge in [-0.15, -0.1) is 0 Å². The van der Waals surface area contributed by atoms with E-state index in [9.17, 15) is 28.1 Å². The molecule has 1 N–H and O–H groups in total. The number of hydrogen-bond acceptors (Lipinski definition) is 6. The molecule has 164 valence electrons. The molecule has 31 heavy (non-hydrogen) atoms. The van der Waals surface area contributed by atoms with Crippen LogP contribution in [-0.2, 0) is 19.6 Å². The molecule has 1 unspecified atom stereocenters. The van der Waals surface area contributed by atoms with Gasteiger partial charge in [-0.05, 0) is 32.0 Å². The molecule has 0 fully saturated rings. The Kier molecular flexibility index (Phi) is 6.09. The summed E-state index contributed by atoms with van der Waals surface area (Å²) < 4.78 is 27.0. The molecule has 0 saturated heterocycles. The van der Waals surface area contributed by atoms with E-state index in [2.05, 4.69) is 5.32 Å². The first-order chi connectivity index (χ1) is 14.5. The topological polar surface area (TPSA) is 130 Å². The highest BCUT2D eigenvalue weighted by Gasteiger charge is 2.33. The Morgan fingerprint density at radius 2 is 1.94 bits per heavy atom. The van der Waals surface area contributed by atoms with Crippen LogP contribution in [0.2, 0.25) is 0 Å². The number of hydrogen-bond donors (Lipinski definition) is 1. The van der Waals surface area contributed by atoms with Crippen molar-refractivity contribution in [1.82, 2.24) is 4.31 Å². The molecule has 0 bridgehead atoms. The zero-order chi connectivity index (χ0) is 22.9. The fraction of sp³-hybridized carbons (Fsp3) is 0.300. The minimum absolute atomic E-state index is 0.00455. The fourth-order valence-corrected chi connectivity index (χ4v) is 4.93. The molecule has 11 heteroatoms. The molecule has 0 aromatic heterocycles. The molecule has 2 aromatic carbocycles. The van der Waals surface area contributed by atoms with E-state index in [1.54, 1.807) is 31.2 Å². The summed E-state index contributed by atoms with van der Waals surface area (Å²) in [4.78, 5) is 36.9. The van der Waals surface area contributed by atoms with E-state index in [-0.39, 0.29) is 28.5 Å². The zero-order valence-electron chi connectivity index (χ0n) is 17.2. The lowest BCUT2D eigenvalue weighted by molar-refractivity contribution is -0.385. The Bertz CT molecular complexity index is 1160. The maximum atomic E-state index is 13.2.